The molecule has 0 aliphatic rings. The third kappa shape index (κ3) is 4.79. The smallest absolute Gasteiger partial charge is 0.255 e. The number of amides is 2. The molecule has 0 saturated carbocycles. The molecule has 0 fully saturated rings. The first-order valence-corrected chi connectivity index (χ1v) is 11.3. The second-order valence-corrected chi connectivity index (χ2v) is 8.72. The standard InChI is InChI=1S/C24H21ClN4O2S/c1-29(2)23(31)18-13-16(11-12-19(18)25)26-22(30)17-8-4-3-7-15(17)14-32-24-27-20-9-5-6-10-21(20)28-24/h3-13H,14H2,1-2H3,(H,26,30)(H,27,28). The summed E-state index contributed by atoms with van der Waals surface area (Å²) in [6.07, 6.45) is 0. The highest BCUT2D eigenvalue weighted by molar-refractivity contribution is 7.98. The Bertz CT molecular complexity index is 1270. The number of H-pyrrole nitrogens is 1. The Labute approximate surface area is 195 Å². The summed E-state index contributed by atoms with van der Waals surface area (Å²) in [5, 5.41) is 4.01. The van der Waals surface area contributed by atoms with Crippen molar-refractivity contribution in [2.24, 2.45) is 0 Å². The second-order valence-electron chi connectivity index (χ2n) is 7.35. The zero-order chi connectivity index (χ0) is 22.7. The van der Waals surface area contributed by atoms with Crippen molar-refractivity contribution in [3.8, 4) is 0 Å². The predicted molar refractivity (Wildman–Crippen MR) is 130 cm³/mol. The largest absolute Gasteiger partial charge is 0.345 e. The van der Waals surface area contributed by atoms with Crippen molar-refractivity contribution < 1.29 is 9.59 Å². The molecule has 0 aliphatic carbocycles. The van der Waals surface area contributed by atoms with Gasteiger partial charge in [-0.25, -0.2) is 4.98 Å². The molecule has 6 nitrogen and oxygen atoms in total. The van der Waals surface area contributed by atoms with E-state index >= 15 is 0 Å². The third-order valence-electron chi connectivity index (χ3n) is 4.85. The highest BCUT2D eigenvalue weighted by Gasteiger charge is 2.16. The molecule has 0 unspecified atom stereocenters. The molecule has 8 heteroatoms. The Morgan fingerprint density at radius 3 is 2.56 bits per heavy atom. The number of aromatic nitrogens is 2. The first-order chi connectivity index (χ1) is 15.4. The lowest BCUT2D eigenvalue weighted by Crippen LogP contribution is -2.22. The van der Waals surface area contributed by atoms with Crippen LogP contribution in [-0.2, 0) is 5.75 Å². The van der Waals surface area contributed by atoms with Crippen LogP contribution in [0.5, 0.6) is 0 Å². The van der Waals surface area contributed by atoms with Crippen LogP contribution in [-0.4, -0.2) is 40.8 Å². The molecule has 32 heavy (non-hydrogen) atoms. The second kappa shape index (κ2) is 9.46. The molecule has 0 spiro atoms. The maximum Gasteiger partial charge on any atom is 0.255 e. The number of carbonyl (C=O) groups excluding carboxylic acids is 2. The van der Waals surface area contributed by atoms with E-state index in [4.69, 9.17) is 11.6 Å². The van der Waals surface area contributed by atoms with Gasteiger partial charge in [0.25, 0.3) is 11.8 Å². The van der Waals surface area contributed by atoms with Crippen LogP contribution < -0.4 is 5.32 Å². The molecule has 0 aliphatic heterocycles. The Hall–Kier alpha value is -3.29. The van der Waals surface area contributed by atoms with Crippen molar-refractivity contribution >= 4 is 51.9 Å². The monoisotopic (exact) mass is 464 g/mol. The summed E-state index contributed by atoms with van der Waals surface area (Å²) in [5.41, 5.74) is 4.17. The van der Waals surface area contributed by atoms with E-state index in [9.17, 15) is 9.59 Å². The maximum absolute atomic E-state index is 13.0. The molecule has 3 aromatic carbocycles. The van der Waals surface area contributed by atoms with E-state index in [1.165, 1.54) is 16.7 Å². The molecule has 1 heterocycles. The van der Waals surface area contributed by atoms with Gasteiger partial charge in [-0.3, -0.25) is 9.59 Å². The van der Waals surface area contributed by atoms with E-state index < -0.39 is 0 Å². The summed E-state index contributed by atoms with van der Waals surface area (Å²) < 4.78 is 0. The molecule has 162 valence electrons. The fraction of sp³-hybridized carbons (Fsp3) is 0.125. The number of benzene rings is 3. The molecule has 0 radical (unpaired) electrons. The minimum absolute atomic E-state index is 0.228. The number of hydrogen-bond donors (Lipinski definition) is 2. The van der Waals surface area contributed by atoms with E-state index in [1.807, 2.05) is 42.5 Å². The van der Waals surface area contributed by atoms with Gasteiger partial charge in [0.15, 0.2) is 5.16 Å². The number of carbonyl (C=O) groups is 2. The number of nitrogens with zero attached hydrogens (tertiary/aromatic N) is 2. The van der Waals surface area contributed by atoms with Crippen LogP contribution in [0.2, 0.25) is 5.02 Å². The lowest BCUT2D eigenvalue weighted by Gasteiger charge is -2.14. The fourth-order valence-corrected chi connectivity index (χ4v) is 4.31. The third-order valence-corrected chi connectivity index (χ3v) is 6.11. The summed E-state index contributed by atoms with van der Waals surface area (Å²) in [6, 6.07) is 20.2. The first kappa shape index (κ1) is 21.9. The van der Waals surface area contributed by atoms with Crippen LogP contribution >= 0.6 is 23.4 Å². The van der Waals surface area contributed by atoms with Gasteiger partial charge >= 0.3 is 0 Å². The van der Waals surface area contributed by atoms with Crippen molar-refractivity contribution in [3.05, 3.63) is 88.4 Å². The highest BCUT2D eigenvalue weighted by Crippen LogP contribution is 2.26. The van der Waals surface area contributed by atoms with Crippen LogP contribution in [0.1, 0.15) is 26.3 Å². The SMILES string of the molecule is CN(C)C(=O)c1cc(NC(=O)c2ccccc2CSc2nc3ccccc3[nH]2)ccc1Cl. The average molecular weight is 465 g/mol. The number of thioether (sulfide) groups is 1. The molecule has 4 rings (SSSR count). The number of nitrogens with one attached hydrogen (secondary N) is 2. The van der Waals surface area contributed by atoms with Crippen LogP contribution in [0.25, 0.3) is 11.0 Å². The zero-order valence-corrected chi connectivity index (χ0v) is 19.1. The summed E-state index contributed by atoms with van der Waals surface area (Å²) in [5.74, 6) is 0.0964. The number of anilines is 1. The minimum Gasteiger partial charge on any atom is -0.345 e. The number of fused-ring (bicyclic) bond motifs is 1. The molecule has 4 aromatic rings. The van der Waals surface area contributed by atoms with Crippen LogP contribution in [0.3, 0.4) is 0 Å². The lowest BCUT2D eigenvalue weighted by atomic mass is 10.1. The van der Waals surface area contributed by atoms with Gasteiger partial charge in [-0.2, -0.15) is 0 Å². The number of para-hydroxylation sites is 2. The summed E-state index contributed by atoms with van der Waals surface area (Å²) >= 11 is 7.71. The van der Waals surface area contributed by atoms with Crippen molar-refractivity contribution in [2.75, 3.05) is 19.4 Å². The van der Waals surface area contributed by atoms with Gasteiger partial charge in [-0.15, -0.1) is 0 Å². The van der Waals surface area contributed by atoms with E-state index in [1.54, 1.807) is 38.4 Å². The van der Waals surface area contributed by atoms with Crippen molar-refractivity contribution in [1.29, 1.82) is 0 Å². The van der Waals surface area contributed by atoms with E-state index in [0.717, 1.165) is 21.8 Å². The molecular weight excluding hydrogens is 444 g/mol. The Morgan fingerprint density at radius 2 is 1.78 bits per heavy atom. The molecule has 2 N–H and O–H groups in total. The number of aromatic amines is 1. The summed E-state index contributed by atoms with van der Waals surface area (Å²) in [4.78, 5) is 34.7. The van der Waals surface area contributed by atoms with E-state index in [-0.39, 0.29) is 11.8 Å². The molecule has 0 atom stereocenters. The molecule has 1 aromatic heterocycles. The van der Waals surface area contributed by atoms with Gasteiger partial charge in [-0.1, -0.05) is 53.7 Å². The first-order valence-electron chi connectivity index (χ1n) is 9.90. The number of hydrogen-bond acceptors (Lipinski definition) is 4. The number of halogens is 1. The topological polar surface area (TPSA) is 78.1 Å². The van der Waals surface area contributed by atoms with Gasteiger partial charge < -0.3 is 15.2 Å². The summed E-state index contributed by atoms with van der Waals surface area (Å²) in [6.45, 7) is 0. The molecular formula is C24H21ClN4O2S. The predicted octanol–water partition coefficient (Wildman–Crippen LogP) is 5.46. The lowest BCUT2D eigenvalue weighted by molar-refractivity contribution is 0.0827. The van der Waals surface area contributed by atoms with E-state index in [2.05, 4.69) is 15.3 Å². The number of rotatable bonds is 6. The van der Waals surface area contributed by atoms with Crippen molar-refractivity contribution in [3.63, 3.8) is 0 Å². The van der Waals surface area contributed by atoms with Gasteiger partial charge in [0.2, 0.25) is 0 Å². The average Bonchev–Trinajstić information content (AvgIpc) is 3.21. The Balaban J connectivity index is 1.51. The minimum atomic E-state index is -0.253. The van der Waals surface area contributed by atoms with Crippen molar-refractivity contribution in [1.82, 2.24) is 14.9 Å². The van der Waals surface area contributed by atoms with E-state index in [0.29, 0.717) is 27.6 Å². The van der Waals surface area contributed by atoms with Crippen LogP contribution in [0.15, 0.2) is 71.9 Å². The molecule has 2 amide bonds. The van der Waals surface area contributed by atoms with Gasteiger partial charge in [0, 0.05) is 31.1 Å². The quantitative estimate of drug-likeness (QED) is 0.371. The molecule has 0 saturated heterocycles. The van der Waals surface area contributed by atoms with Crippen molar-refractivity contribution in [2.45, 2.75) is 10.9 Å². The summed E-state index contributed by atoms with van der Waals surface area (Å²) in [7, 11) is 3.31. The fourth-order valence-electron chi connectivity index (χ4n) is 3.22. The molecule has 0 bridgehead atoms. The van der Waals surface area contributed by atoms with Crippen LogP contribution in [0.4, 0.5) is 5.69 Å². The van der Waals surface area contributed by atoms with Gasteiger partial charge in [-0.05, 0) is 42.0 Å². The zero-order valence-electron chi connectivity index (χ0n) is 17.6. The normalized spacial score (nSPS) is 10.8. The van der Waals surface area contributed by atoms with Gasteiger partial charge in [0.05, 0.1) is 21.6 Å². The maximum atomic E-state index is 13.0. The number of imidazole rings is 1. The highest BCUT2D eigenvalue weighted by atomic mass is 35.5. The van der Waals surface area contributed by atoms with Gasteiger partial charge in [0.1, 0.15) is 0 Å². The Morgan fingerprint density at radius 1 is 1.03 bits per heavy atom. The van der Waals surface area contributed by atoms with Crippen LogP contribution in [0, 0.1) is 0 Å². The Kier molecular flexibility index (Phi) is 6.48.